The van der Waals surface area contributed by atoms with E-state index in [4.69, 9.17) is 4.74 Å². The Kier molecular flexibility index (Phi) is 6.23. The lowest BCUT2D eigenvalue weighted by Crippen LogP contribution is -2.31. The summed E-state index contributed by atoms with van der Waals surface area (Å²) in [6.45, 7) is 4.10. The highest BCUT2D eigenvalue weighted by atomic mass is 32.1. The largest absolute Gasteiger partial charge is 0.451 e. The van der Waals surface area contributed by atoms with Gasteiger partial charge in [0.2, 0.25) is 0 Å². The number of carbonyl (C=O) groups excluding carboxylic acids is 2. The van der Waals surface area contributed by atoms with Crippen LogP contribution in [-0.4, -0.2) is 45.4 Å². The monoisotopic (exact) mass is 446 g/mol. The first-order valence-electron chi connectivity index (χ1n) is 10.1. The van der Waals surface area contributed by atoms with Crippen molar-refractivity contribution < 1.29 is 14.3 Å². The summed E-state index contributed by atoms with van der Waals surface area (Å²) in [7, 11) is 1.68. The highest BCUT2D eigenvalue weighted by Gasteiger charge is 2.22. The normalized spacial score (nSPS) is 10.8. The Morgan fingerprint density at radius 3 is 2.62 bits per heavy atom. The number of rotatable bonds is 6. The van der Waals surface area contributed by atoms with Crippen molar-refractivity contribution in [2.45, 2.75) is 20.4 Å². The van der Waals surface area contributed by atoms with Crippen molar-refractivity contribution in [1.29, 1.82) is 0 Å². The summed E-state index contributed by atoms with van der Waals surface area (Å²) in [5.41, 5.74) is 4.53. The molecule has 8 heteroatoms. The Labute approximate surface area is 189 Å². The Balaban J connectivity index is 1.44. The number of carbonyl (C=O) groups is 2. The van der Waals surface area contributed by atoms with Gasteiger partial charge in [-0.25, -0.2) is 19.7 Å². The van der Waals surface area contributed by atoms with E-state index in [-0.39, 0.29) is 18.2 Å². The number of fused-ring (bicyclic) bond motifs is 1. The van der Waals surface area contributed by atoms with E-state index in [0.717, 1.165) is 21.3 Å². The predicted octanol–water partition coefficient (Wildman–Crippen LogP) is 4.19. The molecule has 0 N–H and O–H groups in total. The van der Waals surface area contributed by atoms with E-state index in [1.165, 1.54) is 34.2 Å². The third-order valence-electron chi connectivity index (χ3n) is 5.05. The van der Waals surface area contributed by atoms with Gasteiger partial charge in [0.05, 0.1) is 10.2 Å². The molecule has 2 aromatic heterocycles. The molecule has 0 spiro atoms. The molecule has 32 heavy (non-hydrogen) atoms. The second-order valence-electron chi connectivity index (χ2n) is 7.50. The van der Waals surface area contributed by atoms with Gasteiger partial charge in [0, 0.05) is 26.0 Å². The topological polar surface area (TPSA) is 85.3 Å². The van der Waals surface area contributed by atoms with Crippen LogP contribution in [0.5, 0.6) is 0 Å². The SMILES string of the molecule is Cc1ccc(CN(C)C(=O)COC(=O)c2nccnc2-c2nc3ccccc3s2)c(C)c1. The minimum Gasteiger partial charge on any atom is -0.451 e. The summed E-state index contributed by atoms with van der Waals surface area (Å²) in [4.78, 5) is 39.8. The number of aryl methyl sites for hydroxylation is 2. The molecule has 7 nitrogen and oxygen atoms in total. The van der Waals surface area contributed by atoms with Gasteiger partial charge in [0.25, 0.3) is 5.91 Å². The van der Waals surface area contributed by atoms with E-state index in [0.29, 0.717) is 17.2 Å². The third-order valence-corrected chi connectivity index (χ3v) is 6.09. The molecule has 4 rings (SSSR count). The van der Waals surface area contributed by atoms with Crippen molar-refractivity contribution in [3.8, 4) is 10.7 Å². The highest BCUT2D eigenvalue weighted by Crippen LogP contribution is 2.30. The number of para-hydroxylation sites is 1. The molecular weight excluding hydrogens is 424 g/mol. The molecule has 0 fully saturated rings. The summed E-state index contributed by atoms with van der Waals surface area (Å²) in [5, 5.41) is 0.574. The smallest absolute Gasteiger partial charge is 0.359 e. The molecule has 0 aliphatic carbocycles. The number of thiazole rings is 1. The van der Waals surface area contributed by atoms with Gasteiger partial charge in [0.15, 0.2) is 12.3 Å². The number of esters is 1. The molecule has 0 aliphatic rings. The summed E-state index contributed by atoms with van der Waals surface area (Å²) >= 11 is 1.42. The Bertz CT molecular complexity index is 1270. The first-order valence-corrected chi connectivity index (χ1v) is 10.9. The molecule has 0 radical (unpaired) electrons. The second kappa shape index (κ2) is 9.23. The van der Waals surface area contributed by atoms with Crippen LogP contribution in [0.25, 0.3) is 20.9 Å². The van der Waals surface area contributed by atoms with Crippen LogP contribution in [0, 0.1) is 13.8 Å². The lowest BCUT2D eigenvalue weighted by atomic mass is 10.1. The van der Waals surface area contributed by atoms with Gasteiger partial charge in [-0.3, -0.25) is 4.79 Å². The van der Waals surface area contributed by atoms with Gasteiger partial charge in [-0.1, -0.05) is 35.9 Å². The van der Waals surface area contributed by atoms with E-state index >= 15 is 0 Å². The van der Waals surface area contributed by atoms with Gasteiger partial charge < -0.3 is 9.64 Å². The average Bonchev–Trinajstić information content (AvgIpc) is 3.23. The number of ether oxygens (including phenoxy) is 1. The van der Waals surface area contributed by atoms with Crippen molar-refractivity contribution >= 4 is 33.4 Å². The lowest BCUT2D eigenvalue weighted by molar-refractivity contribution is -0.133. The summed E-state index contributed by atoms with van der Waals surface area (Å²) in [6, 6.07) is 13.8. The fourth-order valence-electron chi connectivity index (χ4n) is 3.29. The standard InChI is InChI=1S/C24H22N4O3S/c1-15-8-9-17(16(2)12-15)13-28(3)20(29)14-31-24(30)22-21(25-10-11-26-22)23-27-18-6-4-5-7-19(18)32-23/h4-12H,13-14H2,1-3H3. The van der Waals surface area contributed by atoms with E-state index in [1.807, 2.05) is 50.2 Å². The van der Waals surface area contributed by atoms with Crippen LogP contribution in [0.15, 0.2) is 54.9 Å². The quantitative estimate of drug-likeness (QED) is 0.413. The van der Waals surface area contributed by atoms with Crippen LogP contribution in [0.1, 0.15) is 27.2 Å². The predicted molar refractivity (Wildman–Crippen MR) is 123 cm³/mol. The molecule has 4 aromatic rings. The van der Waals surface area contributed by atoms with Gasteiger partial charge in [-0.2, -0.15) is 0 Å². The first-order chi connectivity index (χ1) is 15.4. The Hall–Kier alpha value is -3.65. The maximum Gasteiger partial charge on any atom is 0.359 e. The number of nitrogens with zero attached hydrogens (tertiary/aromatic N) is 4. The molecule has 0 aliphatic heterocycles. The molecule has 0 unspecified atom stereocenters. The molecule has 0 saturated heterocycles. The van der Waals surface area contributed by atoms with Gasteiger partial charge >= 0.3 is 5.97 Å². The number of hydrogen-bond donors (Lipinski definition) is 0. The van der Waals surface area contributed by atoms with Crippen LogP contribution in [0.3, 0.4) is 0 Å². The third kappa shape index (κ3) is 4.65. The minimum atomic E-state index is -0.708. The number of likely N-dealkylation sites (N-methyl/N-ethyl adjacent to an activating group) is 1. The number of aromatic nitrogens is 3. The van der Waals surface area contributed by atoms with E-state index < -0.39 is 5.97 Å². The minimum absolute atomic E-state index is 0.0383. The van der Waals surface area contributed by atoms with Crippen LogP contribution >= 0.6 is 11.3 Å². The zero-order valence-corrected chi connectivity index (χ0v) is 18.8. The van der Waals surface area contributed by atoms with Crippen molar-refractivity contribution in [3.05, 3.63) is 77.2 Å². The van der Waals surface area contributed by atoms with E-state index in [2.05, 4.69) is 21.0 Å². The van der Waals surface area contributed by atoms with Crippen LogP contribution in [0.2, 0.25) is 0 Å². The summed E-state index contributed by atoms with van der Waals surface area (Å²) in [5.74, 6) is -1.01. The molecule has 1 amide bonds. The Morgan fingerprint density at radius 1 is 1.06 bits per heavy atom. The van der Waals surface area contributed by atoms with Crippen LogP contribution in [-0.2, 0) is 16.1 Å². The maximum absolute atomic E-state index is 12.7. The number of hydrogen-bond acceptors (Lipinski definition) is 7. The van der Waals surface area contributed by atoms with E-state index in [9.17, 15) is 9.59 Å². The van der Waals surface area contributed by atoms with Crippen LogP contribution in [0.4, 0.5) is 0 Å². The number of amides is 1. The zero-order valence-electron chi connectivity index (χ0n) is 18.0. The van der Waals surface area contributed by atoms with Gasteiger partial charge in [0.1, 0.15) is 10.7 Å². The molecule has 0 atom stereocenters. The number of benzene rings is 2. The molecule has 2 heterocycles. The highest BCUT2D eigenvalue weighted by molar-refractivity contribution is 7.21. The fraction of sp³-hybridized carbons (Fsp3) is 0.208. The maximum atomic E-state index is 12.7. The van der Waals surface area contributed by atoms with E-state index in [1.54, 1.807) is 7.05 Å². The molecule has 0 bridgehead atoms. The fourth-order valence-corrected chi connectivity index (χ4v) is 4.25. The van der Waals surface area contributed by atoms with Crippen molar-refractivity contribution in [2.75, 3.05) is 13.7 Å². The first kappa shape index (κ1) is 21.6. The summed E-state index contributed by atoms with van der Waals surface area (Å²) < 4.78 is 6.26. The van der Waals surface area contributed by atoms with Gasteiger partial charge in [-0.05, 0) is 37.1 Å². The van der Waals surface area contributed by atoms with Crippen LogP contribution < -0.4 is 0 Å². The second-order valence-corrected chi connectivity index (χ2v) is 8.53. The van der Waals surface area contributed by atoms with Gasteiger partial charge in [-0.15, -0.1) is 11.3 Å². The molecule has 162 valence electrons. The zero-order chi connectivity index (χ0) is 22.7. The van der Waals surface area contributed by atoms with Crippen molar-refractivity contribution in [1.82, 2.24) is 19.9 Å². The molecule has 2 aromatic carbocycles. The Morgan fingerprint density at radius 2 is 1.84 bits per heavy atom. The average molecular weight is 447 g/mol. The van der Waals surface area contributed by atoms with Crippen molar-refractivity contribution in [2.24, 2.45) is 0 Å². The summed E-state index contributed by atoms with van der Waals surface area (Å²) in [6.07, 6.45) is 2.92. The molecular formula is C24H22N4O3S. The van der Waals surface area contributed by atoms with Crippen molar-refractivity contribution in [3.63, 3.8) is 0 Å². The molecule has 0 saturated carbocycles. The lowest BCUT2D eigenvalue weighted by Gasteiger charge is -2.18.